The van der Waals surface area contributed by atoms with Crippen molar-refractivity contribution < 1.29 is 9.18 Å². The molecule has 0 saturated carbocycles. The predicted molar refractivity (Wildman–Crippen MR) is 93.6 cm³/mol. The van der Waals surface area contributed by atoms with E-state index in [0.29, 0.717) is 13.1 Å². The Morgan fingerprint density at radius 1 is 1.00 bits per heavy atom. The summed E-state index contributed by atoms with van der Waals surface area (Å²) >= 11 is 5.92. The van der Waals surface area contributed by atoms with Gasteiger partial charge in [-0.3, -0.25) is 9.69 Å². The van der Waals surface area contributed by atoms with Gasteiger partial charge >= 0.3 is 0 Å². The maximum atomic E-state index is 13.8. The molecule has 0 unspecified atom stereocenters. The number of hydrogen-bond donors (Lipinski definition) is 0. The van der Waals surface area contributed by atoms with Crippen LogP contribution in [0.5, 0.6) is 0 Å². The zero-order valence-electron chi connectivity index (χ0n) is 13.4. The van der Waals surface area contributed by atoms with E-state index in [-0.39, 0.29) is 11.5 Å². The smallest absolute Gasteiger partial charge is 0.256 e. The number of halogens is 2. The van der Waals surface area contributed by atoms with Gasteiger partial charge < -0.3 is 4.90 Å². The summed E-state index contributed by atoms with van der Waals surface area (Å²) in [7, 11) is 0. The van der Waals surface area contributed by atoms with Crippen LogP contribution in [-0.2, 0) is 6.54 Å². The summed E-state index contributed by atoms with van der Waals surface area (Å²) in [4.78, 5) is 16.6. The van der Waals surface area contributed by atoms with Gasteiger partial charge in [-0.05, 0) is 36.2 Å². The maximum Gasteiger partial charge on any atom is 0.256 e. The molecule has 126 valence electrons. The van der Waals surface area contributed by atoms with Gasteiger partial charge in [0, 0.05) is 37.7 Å². The minimum Gasteiger partial charge on any atom is -0.337 e. The van der Waals surface area contributed by atoms with E-state index < -0.39 is 5.82 Å². The van der Waals surface area contributed by atoms with Crippen molar-refractivity contribution in [2.45, 2.75) is 13.0 Å². The third kappa shape index (κ3) is 4.13. The Bertz CT molecular complexity index is 705. The molecule has 2 aromatic carbocycles. The molecule has 1 heterocycles. The number of carbonyl (C=O) groups is 1. The van der Waals surface area contributed by atoms with Gasteiger partial charge in [0.15, 0.2) is 0 Å². The predicted octanol–water partition coefficient (Wildman–Crippen LogP) is 3.83. The number of nitrogens with zero attached hydrogens (tertiary/aromatic N) is 2. The molecule has 0 atom stereocenters. The molecule has 1 fully saturated rings. The number of benzene rings is 2. The van der Waals surface area contributed by atoms with Crippen LogP contribution in [0, 0.1) is 5.82 Å². The molecule has 1 amide bonds. The van der Waals surface area contributed by atoms with Crippen molar-refractivity contribution in [1.82, 2.24) is 9.80 Å². The molecule has 3 nitrogen and oxygen atoms in total. The maximum absolute atomic E-state index is 13.8. The van der Waals surface area contributed by atoms with Crippen LogP contribution in [0.2, 0.25) is 5.02 Å². The molecule has 1 aliphatic rings. The van der Waals surface area contributed by atoms with Gasteiger partial charge in [0.2, 0.25) is 0 Å². The highest BCUT2D eigenvalue weighted by Gasteiger charge is 2.22. The number of rotatable bonds is 3. The first-order valence-electron chi connectivity index (χ1n) is 8.14. The molecule has 0 aliphatic carbocycles. The fraction of sp³-hybridized carbons (Fsp3) is 0.316. The number of amides is 1. The monoisotopic (exact) mass is 346 g/mol. The molecular formula is C19H20ClFN2O. The van der Waals surface area contributed by atoms with Crippen molar-refractivity contribution >= 4 is 17.5 Å². The summed E-state index contributed by atoms with van der Waals surface area (Å²) in [6.45, 7) is 3.80. The van der Waals surface area contributed by atoms with E-state index in [4.69, 9.17) is 11.6 Å². The Kier molecular flexibility index (Phi) is 5.48. The lowest BCUT2D eigenvalue weighted by molar-refractivity contribution is 0.0756. The highest BCUT2D eigenvalue weighted by Crippen LogP contribution is 2.15. The van der Waals surface area contributed by atoms with Gasteiger partial charge in [-0.25, -0.2) is 4.39 Å². The van der Waals surface area contributed by atoms with Crippen LogP contribution in [0.15, 0.2) is 48.5 Å². The number of carbonyl (C=O) groups excluding carboxylic acids is 1. The van der Waals surface area contributed by atoms with Gasteiger partial charge in [0.25, 0.3) is 5.91 Å². The first-order chi connectivity index (χ1) is 11.6. The van der Waals surface area contributed by atoms with E-state index in [2.05, 4.69) is 4.90 Å². The van der Waals surface area contributed by atoms with Crippen molar-refractivity contribution in [2.75, 3.05) is 26.2 Å². The molecule has 0 spiro atoms. The first kappa shape index (κ1) is 16.9. The highest BCUT2D eigenvalue weighted by molar-refractivity contribution is 6.30. The summed E-state index contributed by atoms with van der Waals surface area (Å²) in [6.07, 6.45) is 0.883. The Morgan fingerprint density at radius 3 is 2.50 bits per heavy atom. The second-order valence-corrected chi connectivity index (χ2v) is 6.46. The summed E-state index contributed by atoms with van der Waals surface area (Å²) < 4.78 is 13.8. The van der Waals surface area contributed by atoms with Crippen LogP contribution in [0.4, 0.5) is 4.39 Å². The first-order valence-corrected chi connectivity index (χ1v) is 8.52. The summed E-state index contributed by atoms with van der Waals surface area (Å²) in [6, 6.07) is 14.0. The Morgan fingerprint density at radius 2 is 1.75 bits per heavy atom. The summed E-state index contributed by atoms with van der Waals surface area (Å²) in [5, 5.41) is 0.733. The minimum atomic E-state index is -0.454. The lowest BCUT2D eigenvalue weighted by atomic mass is 10.2. The van der Waals surface area contributed by atoms with Gasteiger partial charge in [0.05, 0.1) is 5.56 Å². The molecule has 2 aromatic rings. The molecule has 5 heteroatoms. The van der Waals surface area contributed by atoms with E-state index in [9.17, 15) is 9.18 Å². The highest BCUT2D eigenvalue weighted by atomic mass is 35.5. The zero-order chi connectivity index (χ0) is 16.9. The zero-order valence-corrected chi connectivity index (χ0v) is 14.2. The van der Waals surface area contributed by atoms with E-state index >= 15 is 0 Å². The lowest BCUT2D eigenvalue weighted by Gasteiger charge is -2.22. The summed E-state index contributed by atoms with van der Waals surface area (Å²) in [5.41, 5.74) is 1.36. The Balaban J connectivity index is 1.61. The minimum absolute atomic E-state index is 0.156. The van der Waals surface area contributed by atoms with E-state index in [0.717, 1.165) is 31.1 Å². The third-order valence-electron chi connectivity index (χ3n) is 4.30. The Hall–Kier alpha value is -1.91. The number of hydrogen-bond acceptors (Lipinski definition) is 2. The largest absolute Gasteiger partial charge is 0.337 e. The molecule has 1 saturated heterocycles. The quantitative estimate of drug-likeness (QED) is 0.843. The van der Waals surface area contributed by atoms with Crippen LogP contribution in [-0.4, -0.2) is 41.9 Å². The fourth-order valence-electron chi connectivity index (χ4n) is 2.99. The normalized spacial score (nSPS) is 16.0. The molecule has 0 bridgehead atoms. The Labute approximate surface area is 146 Å². The van der Waals surface area contributed by atoms with Gasteiger partial charge in [0.1, 0.15) is 5.82 Å². The third-order valence-corrected chi connectivity index (χ3v) is 4.55. The van der Waals surface area contributed by atoms with Crippen molar-refractivity contribution in [1.29, 1.82) is 0 Å². The molecule has 0 radical (unpaired) electrons. The average molecular weight is 347 g/mol. The van der Waals surface area contributed by atoms with Crippen LogP contribution in [0.3, 0.4) is 0 Å². The topological polar surface area (TPSA) is 23.6 Å². The summed E-state index contributed by atoms with van der Waals surface area (Å²) in [5.74, 6) is -0.675. The van der Waals surface area contributed by atoms with Gasteiger partial charge in [-0.1, -0.05) is 35.9 Å². The van der Waals surface area contributed by atoms with Crippen LogP contribution in [0.1, 0.15) is 22.3 Å². The SMILES string of the molecule is O=C(c1ccccc1F)N1CCCN(Cc2ccc(Cl)cc2)CC1. The molecule has 0 aromatic heterocycles. The lowest BCUT2D eigenvalue weighted by Crippen LogP contribution is -2.35. The molecule has 3 rings (SSSR count). The standard InChI is InChI=1S/C19H20ClFN2O/c20-16-8-6-15(7-9-16)14-22-10-3-11-23(13-12-22)19(24)17-4-1-2-5-18(17)21/h1-2,4-9H,3,10-14H2. The van der Waals surface area contributed by atoms with Gasteiger partial charge in [-0.2, -0.15) is 0 Å². The average Bonchev–Trinajstić information content (AvgIpc) is 2.82. The van der Waals surface area contributed by atoms with Crippen molar-refractivity contribution in [3.8, 4) is 0 Å². The van der Waals surface area contributed by atoms with Gasteiger partial charge in [-0.15, -0.1) is 0 Å². The fourth-order valence-corrected chi connectivity index (χ4v) is 3.11. The van der Waals surface area contributed by atoms with Crippen molar-refractivity contribution in [3.63, 3.8) is 0 Å². The van der Waals surface area contributed by atoms with Crippen molar-refractivity contribution in [3.05, 3.63) is 70.5 Å². The van der Waals surface area contributed by atoms with E-state index in [1.165, 1.54) is 11.6 Å². The van der Waals surface area contributed by atoms with Crippen LogP contribution in [0.25, 0.3) is 0 Å². The second kappa shape index (κ2) is 7.77. The van der Waals surface area contributed by atoms with Crippen LogP contribution >= 0.6 is 11.6 Å². The molecule has 0 N–H and O–H groups in total. The molecule has 1 aliphatic heterocycles. The second-order valence-electron chi connectivity index (χ2n) is 6.03. The van der Waals surface area contributed by atoms with E-state index in [1.54, 1.807) is 23.1 Å². The molecular weight excluding hydrogens is 327 g/mol. The van der Waals surface area contributed by atoms with Crippen LogP contribution < -0.4 is 0 Å². The van der Waals surface area contributed by atoms with Crippen molar-refractivity contribution in [2.24, 2.45) is 0 Å². The molecule has 24 heavy (non-hydrogen) atoms. The van der Waals surface area contributed by atoms with E-state index in [1.807, 2.05) is 24.3 Å².